The lowest BCUT2D eigenvalue weighted by molar-refractivity contribution is 0.0657. The number of nitrogens with one attached hydrogen (secondary N) is 1. The van der Waals surface area contributed by atoms with E-state index < -0.39 is 6.10 Å². The van der Waals surface area contributed by atoms with Crippen LogP contribution in [0.2, 0.25) is 0 Å². The molecule has 1 aliphatic heterocycles. The molecule has 1 saturated heterocycles. The minimum atomic E-state index is -0.472. The zero-order valence-electron chi connectivity index (χ0n) is 11.7. The molecule has 2 N–H and O–H groups in total. The molecule has 0 aromatic carbocycles. The fourth-order valence-corrected chi connectivity index (χ4v) is 2.56. The number of nitrogens with zero attached hydrogens (tertiary/aromatic N) is 2. The quantitative estimate of drug-likeness (QED) is 0.849. The van der Waals surface area contributed by atoms with Gasteiger partial charge in [0.25, 0.3) is 5.91 Å². The third-order valence-corrected chi connectivity index (χ3v) is 3.33. The van der Waals surface area contributed by atoms with Gasteiger partial charge < -0.3 is 15.0 Å². The molecular formula is C14H23N3O2. The summed E-state index contributed by atoms with van der Waals surface area (Å²) in [5, 5.41) is 10.0. The van der Waals surface area contributed by atoms with Crippen molar-refractivity contribution >= 4 is 5.91 Å². The molecule has 0 bridgehead atoms. The van der Waals surface area contributed by atoms with Crippen LogP contribution in [0, 0.1) is 5.92 Å². The van der Waals surface area contributed by atoms with Gasteiger partial charge in [-0.3, -0.25) is 9.69 Å². The van der Waals surface area contributed by atoms with E-state index in [4.69, 9.17) is 0 Å². The topological polar surface area (TPSA) is 59.6 Å². The van der Waals surface area contributed by atoms with E-state index in [-0.39, 0.29) is 5.91 Å². The highest BCUT2D eigenvalue weighted by Gasteiger charge is 2.25. The molecule has 1 fully saturated rings. The van der Waals surface area contributed by atoms with Crippen molar-refractivity contribution in [1.82, 2.24) is 14.8 Å². The van der Waals surface area contributed by atoms with Gasteiger partial charge in [0, 0.05) is 38.9 Å². The van der Waals surface area contributed by atoms with E-state index in [1.54, 1.807) is 17.2 Å². The van der Waals surface area contributed by atoms with Gasteiger partial charge in [0.2, 0.25) is 0 Å². The van der Waals surface area contributed by atoms with Crippen molar-refractivity contribution in [2.45, 2.75) is 20.0 Å². The van der Waals surface area contributed by atoms with Crippen molar-refractivity contribution in [2.75, 3.05) is 32.7 Å². The summed E-state index contributed by atoms with van der Waals surface area (Å²) in [4.78, 5) is 19.1. The molecule has 0 saturated carbocycles. The van der Waals surface area contributed by atoms with Gasteiger partial charge in [0.1, 0.15) is 5.69 Å². The van der Waals surface area contributed by atoms with Crippen LogP contribution < -0.4 is 0 Å². The van der Waals surface area contributed by atoms with Crippen LogP contribution in [-0.2, 0) is 0 Å². The Kier molecular flexibility index (Phi) is 4.61. The molecule has 2 heterocycles. The van der Waals surface area contributed by atoms with E-state index in [0.29, 0.717) is 31.2 Å². The lowest BCUT2D eigenvalue weighted by Gasteiger charge is -2.23. The van der Waals surface area contributed by atoms with Gasteiger partial charge in [0.05, 0.1) is 6.10 Å². The van der Waals surface area contributed by atoms with Crippen molar-refractivity contribution in [3.05, 3.63) is 24.0 Å². The van der Waals surface area contributed by atoms with Gasteiger partial charge in [-0.15, -0.1) is 0 Å². The molecule has 5 nitrogen and oxygen atoms in total. The summed E-state index contributed by atoms with van der Waals surface area (Å²) in [5.74, 6) is 0.535. The highest BCUT2D eigenvalue weighted by molar-refractivity contribution is 5.92. The van der Waals surface area contributed by atoms with Crippen molar-refractivity contribution in [3.63, 3.8) is 0 Å². The second-order valence-corrected chi connectivity index (χ2v) is 5.64. The molecule has 0 aliphatic carbocycles. The van der Waals surface area contributed by atoms with Crippen LogP contribution in [0.3, 0.4) is 0 Å². The number of rotatable bonds is 3. The van der Waals surface area contributed by atoms with Crippen molar-refractivity contribution in [3.8, 4) is 0 Å². The van der Waals surface area contributed by atoms with Gasteiger partial charge in [-0.2, -0.15) is 0 Å². The number of H-pyrrole nitrogens is 1. The Hall–Kier alpha value is -1.33. The minimum absolute atomic E-state index is 0.0320. The van der Waals surface area contributed by atoms with Gasteiger partial charge >= 0.3 is 0 Å². The number of aromatic nitrogens is 1. The first-order chi connectivity index (χ1) is 9.06. The van der Waals surface area contributed by atoms with Crippen LogP contribution in [0.1, 0.15) is 24.3 Å². The smallest absolute Gasteiger partial charge is 0.270 e. The predicted octanol–water partition coefficient (Wildman–Crippen LogP) is 0.789. The number of aromatic amines is 1. The van der Waals surface area contributed by atoms with E-state index >= 15 is 0 Å². The summed E-state index contributed by atoms with van der Waals surface area (Å²) in [6, 6.07) is 3.58. The average Bonchev–Trinajstić information content (AvgIpc) is 2.80. The normalized spacial score (nSPS) is 21.7. The van der Waals surface area contributed by atoms with E-state index in [1.165, 1.54) is 0 Å². The SMILES string of the molecule is CC(C)CN1CCN(C(=O)c2ccc[nH]2)C[C@@H](O)C1. The number of hydrogen-bond donors (Lipinski definition) is 2. The highest BCUT2D eigenvalue weighted by atomic mass is 16.3. The van der Waals surface area contributed by atoms with Crippen LogP contribution in [0.4, 0.5) is 0 Å². The number of aliphatic hydroxyl groups excluding tert-OH is 1. The molecule has 1 atom stereocenters. The van der Waals surface area contributed by atoms with Gasteiger partial charge in [0.15, 0.2) is 0 Å². The number of carbonyl (C=O) groups is 1. The maximum Gasteiger partial charge on any atom is 0.270 e. The second kappa shape index (κ2) is 6.21. The zero-order valence-corrected chi connectivity index (χ0v) is 11.7. The number of carbonyl (C=O) groups excluding carboxylic acids is 1. The summed E-state index contributed by atoms with van der Waals surface area (Å²) < 4.78 is 0. The van der Waals surface area contributed by atoms with Crippen molar-refractivity contribution in [2.24, 2.45) is 5.92 Å². The Morgan fingerprint density at radius 1 is 1.47 bits per heavy atom. The molecule has 0 unspecified atom stereocenters. The molecule has 1 aromatic heterocycles. The Bertz CT molecular complexity index is 403. The summed E-state index contributed by atoms with van der Waals surface area (Å²) in [7, 11) is 0. The minimum Gasteiger partial charge on any atom is -0.390 e. The molecule has 0 radical (unpaired) electrons. The molecule has 1 amide bonds. The summed E-state index contributed by atoms with van der Waals surface area (Å²) >= 11 is 0. The van der Waals surface area contributed by atoms with E-state index in [2.05, 4.69) is 23.7 Å². The zero-order chi connectivity index (χ0) is 13.8. The molecule has 5 heteroatoms. The number of hydrogen-bond acceptors (Lipinski definition) is 3. The maximum atomic E-state index is 12.3. The lowest BCUT2D eigenvalue weighted by Crippen LogP contribution is -2.37. The Morgan fingerprint density at radius 3 is 2.89 bits per heavy atom. The Balaban J connectivity index is 1.99. The molecule has 106 valence electrons. The summed E-state index contributed by atoms with van der Waals surface area (Å²) in [6.45, 7) is 7.84. The largest absolute Gasteiger partial charge is 0.390 e. The van der Waals surface area contributed by atoms with Crippen LogP contribution in [0.15, 0.2) is 18.3 Å². The van der Waals surface area contributed by atoms with Crippen molar-refractivity contribution in [1.29, 1.82) is 0 Å². The molecule has 19 heavy (non-hydrogen) atoms. The van der Waals surface area contributed by atoms with E-state index in [0.717, 1.165) is 13.1 Å². The Labute approximate surface area is 114 Å². The summed E-state index contributed by atoms with van der Waals surface area (Å²) in [6.07, 6.45) is 1.27. The number of β-amino-alcohol motifs (C(OH)–C–C–N with tert-alkyl or cyclic N) is 1. The third-order valence-electron chi connectivity index (χ3n) is 3.33. The van der Waals surface area contributed by atoms with Crippen LogP contribution in [0.5, 0.6) is 0 Å². The van der Waals surface area contributed by atoms with Gasteiger partial charge in [-0.1, -0.05) is 13.8 Å². The first-order valence-corrected chi connectivity index (χ1v) is 6.89. The van der Waals surface area contributed by atoms with Gasteiger partial charge in [-0.05, 0) is 18.1 Å². The second-order valence-electron chi connectivity index (χ2n) is 5.64. The molecule has 0 spiro atoms. The first kappa shape index (κ1) is 14.1. The first-order valence-electron chi connectivity index (χ1n) is 6.89. The predicted molar refractivity (Wildman–Crippen MR) is 74.0 cm³/mol. The van der Waals surface area contributed by atoms with E-state index in [9.17, 15) is 9.90 Å². The average molecular weight is 265 g/mol. The van der Waals surface area contributed by atoms with Crippen molar-refractivity contribution < 1.29 is 9.90 Å². The third kappa shape index (κ3) is 3.81. The molecular weight excluding hydrogens is 242 g/mol. The Morgan fingerprint density at radius 2 is 2.26 bits per heavy atom. The van der Waals surface area contributed by atoms with E-state index in [1.807, 2.05) is 6.07 Å². The fourth-order valence-electron chi connectivity index (χ4n) is 2.56. The highest BCUT2D eigenvalue weighted by Crippen LogP contribution is 2.10. The van der Waals surface area contributed by atoms with Crippen LogP contribution in [0.25, 0.3) is 0 Å². The maximum absolute atomic E-state index is 12.3. The monoisotopic (exact) mass is 265 g/mol. The standard InChI is InChI=1S/C14H23N3O2/c1-11(2)8-16-6-7-17(10-12(18)9-16)14(19)13-4-3-5-15-13/h3-5,11-12,15,18H,6-10H2,1-2H3/t12-/m0/s1. The summed E-state index contributed by atoms with van der Waals surface area (Å²) in [5.41, 5.74) is 0.588. The lowest BCUT2D eigenvalue weighted by atomic mass is 10.2. The number of aliphatic hydroxyl groups is 1. The number of amides is 1. The molecule has 1 aliphatic rings. The molecule has 1 aromatic rings. The van der Waals surface area contributed by atoms with Gasteiger partial charge in [-0.25, -0.2) is 0 Å². The molecule has 2 rings (SSSR count). The van der Waals surface area contributed by atoms with Crippen LogP contribution >= 0.6 is 0 Å². The fraction of sp³-hybridized carbons (Fsp3) is 0.643. The van der Waals surface area contributed by atoms with Crippen LogP contribution in [-0.4, -0.2) is 64.6 Å².